The summed E-state index contributed by atoms with van der Waals surface area (Å²) in [4.78, 5) is 12.2. The molecule has 0 saturated heterocycles. The first-order chi connectivity index (χ1) is 16.1. The summed E-state index contributed by atoms with van der Waals surface area (Å²) in [7, 11) is 0. The summed E-state index contributed by atoms with van der Waals surface area (Å²) in [5.74, 6) is 1.30. The van der Waals surface area contributed by atoms with Gasteiger partial charge in [0.25, 0.3) is 0 Å². The molecule has 0 spiro atoms. The fraction of sp³-hybridized carbons (Fsp3) is 0.759. The van der Waals surface area contributed by atoms with Crippen LogP contribution >= 0.6 is 0 Å². The van der Waals surface area contributed by atoms with E-state index in [0.717, 1.165) is 57.1 Å². The minimum atomic E-state index is -0.340. The fourth-order valence-corrected chi connectivity index (χ4v) is 6.01. The average Bonchev–Trinajstić information content (AvgIpc) is 3.02. The molecule has 3 rings (SSSR count). The molecule has 2 aliphatic rings. The first-order valence-corrected chi connectivity index (χ1v) is 13.4. The van der Waals surface area contributed by atoms with Crippen molar-refractivity contribution in [2.45, 2.75) is 111 Å². The van der Waals surface area contributed by atoms with E-state index >= 15 is 0 Å². The number of carbonyl (C=O) groups is 1. The van der Waals surface area contributed by atoms with E-state index in [-0.39, 0.29) is 48.1 Å². The molecule has 1 fully saturated rings. The molecule has 2 N–H and O–H groups in total. The third-order valence-electron chi connectivity index (χ3n) is 8.41. The number of esters is 1. The first-order valence-electron chi connectivity index (χ1n) is 13.4. The van der Waals surface area contributed by atoms with Gasteiger partial charge in [0.2, 0.25) is 0 Å². The van der Waals surface area contributed by atoms with Crippen molar-refractivity contribution in [1.82, 2.24) is 0 Å². The molecule has 6 atom stereocenters. The van der Waals surface area contributed by atoms with Gasteiger partial charge in [-0.05, 0) is 85.8 Å². The number of carbonyl (C=O) groups excluding carboxylic acids is 1. The van der Waals surface area contributed by atoms with Crippen LogP contribution < -0.4 is 4.74 Å². The van der Waals surface area contributed by atoms with Gasteiger partial charge in [-0.25, -0.2) is 4.79 Å². The van der Waals surface area contributed by atoms with E-state index < -0.39 is 0 Å². The van der Waals surface area contributed by atoms with E-state index in [0.29, 0.717) is 5.92 Å². The van der Waals surface area contributed by atoms with Gasteiger partial charge in [-0.1, -0.05) is 59.1 Å². The van der Waals surface area contributed by atoms with Gasteiger partial charge < -0.3 is 19.7 Å². The van der Waals surface area contributed by atoms with Crippen molar-refractivity contribution in [3.8, 4) is 5.75 Å². The lowest BCUT2D eigenvalue weighted by Crippen LogP contribution is -2.35. The highest BCUT2D eigenvalue weighted by atomic mass is 16.6. The van der Waals surface area contributed by atoms with E-state index in [4.69, 9.17) is 9.47 Å². The van der Waals surface area contributed by atoms with Crippen molar-refractivity contribution in [2.75, 3.05) is 6.61 Å². The summed E-state index contributed by atoms with van der Waals surface area (Å²) in [6.07, 6.45) is 7.70. The van der Waals surface area contributed by atoms with Crippen molar-refractivity contribution in [3.05, 3.63) is 29.3 Å². The Hall–Kier alpha value is -1.59. The molecule has 5 nitrogen and oxygen atoms in total. The molecule has 1 aromatic carbocycles. The van der Waals surface area contributed by atoms with Gasteiger partial charge in [-0.2, -0.15) is 0 Å². The van der Waals surface area contributed by atoms with Crippen molar-refractivity contribution < 1.29 is 24.5 Å². The van der Waals surface area contributed by atoms with Crippen LogP contribution in [0.4, 0.5) is 0 Å². The van der Waals surface area contributed by atoms with E-state index in [1.54, 1.807) is 0 Å². The van der Waals surface area contributed by atoms with E-state index in [1.165, 1.54) is 17.5 Å². The zero-order valence-electron chi connectivity index (χ0n) is 21.9. The second kappa shape index (κ2) is 11.9. The topological polar surface area (TPSA) is 76.0 Å². The third kappa shape index (κ3) is 6.54. The molecule has 34 heavy (non-hydrogen) atoms. The quantitative estimate of drug-likeness (QED) is 0.310. The molecule has 1 aromatic rings. The molecule has 2 aliphatic carbocycles. The van der Waals surface area contributed by atoms with E-state index in [2.05, 4.69) is 19.9 Å². The average molecular weight is 475 g/mol. The molecule has 0 amide bonds. The first kappa shape index (κ1) is 27.0. The van der Waals surface area contributed by atoms with Crippen LogP contribution in [0.25, 0.3) is 0 Å². The third-order valence-corrected chi connectivity index (χ3v) is 8.41. The smallest absolute Gasteiger partial charge is 0.344 e. The van der Waals surface area contributed by atoms with Gasteiger partial charge >= 0.3 is 5.97 Å². The summed E-state index contributed by atoms with van der Waals surface area (Å²) in [6.45, 7) is 10.3. The number of aliphatic hydroxyl groups is 2. The van der Waals surface area contributed by atoms with Crippen LogP contribution in [0.5, 0.6) is 5.75 Å². The van der Waals surface area contributed by atoms with Crippen LogP contribution in [-0.2, 0) is 22.4 Å². The van der Waals surface area contributed by atoms with Crippen molar-refractivity contribution >= 4 is 5.97 Å². The maximum Gasteiger partial charge on any atom is 0.344 e. The molecule has 5 heteroatoms. The Bertz CT molecular complexity index is 806. The normalized spacial score (nSPS) is 27.7. The summed E-state index contributed by atoms with van der Waals surface area (Å²) < 4.78 is 11.4. The lowest BCUT2D eigenvalue weighted by Gasteiger charge is -2.40. The Balaban J connectivity index is 1.64. The zero-order valence-corrected chi connectivity index (χ0v) is 21.9. The van der Waals surface area contributed by atoms with Gasteiger partial charge in [-0.3, -0.25) is 0 Å². The highest BCUT2D eigenvalue weighted by Crippen LogP contribution is 2.55. The standard InChI is InChI=1S/C29H46O5/c1-6-7-8-11-22(30)13-14-23-25-15-21-10-9-12-27(24(21)16-29(25,5)17-26(23)31)33-18-28(32)34-20(4)19(2)3/h9-10,12,19-20,22-23,25-26,30-31H,6-8,11,13-18H2,1-5H3/t20?,22-,23+,25+,26+,29-/m0/s1. The lowest BCUT2D eigenvalue weighted by atomic mass is 9.65. The Labute approximate surface area is 206 Å². The Morgan fingerprint density at radius 1 is 1.21 bits per heavy atom. The van der Waals surface area contributed by atoms with Crippen LogP contribution in [0.15, 0.2) is 18.2 Å². The molecule has 192 valence electrons. The predicted octanol–water partition coefficient (Wildman–Crippen LogP) is 5.48. The van der Waals surface area contributed by atoms with Gasteiger partial charge in [-0.15, -0.1) is 0 Å². The number of rotatable bonds is 12. The molecule has 1 unspecified atom stereocenters. The number of unbranched alkanes of at least 4 members (excludes halogenated alkanes) is 2. The number of hydrogen-bond donors (Lipinski definition) is 2. The minimum Gasteiger partial charge on any atom is -0.482 e. The molecular formula is C29H46O5. The maximum absolute atomic E-state index is 12.2. The SMILES string of the molecule is CCCCC[C@H](O)CC[C@H]1[C@H](O)C[C@]2(C)Cc3c(cccc3OCC(=O)OC(C)C(C)C)C[C@H]12. The van der Waals surface area contributed by atoms with Crippen LogP contribution in [0.1, 0.15) is 90.7 Å². The van der Waals surface area contributed by atoms with E-state index in [1.807, 2.05) is 32.9 Å². The lowest BCUT2D eigenvalue weighted by molar-refractivity contribution is -0.152. The second-order valence-electron chi connectivity index (χ2n) is 11.4. The molecular weight excluding hydrogens is 428 g/mol. The van der Waals surface area contributed by atoms with Gasteiger partial charge in [0.1, 0.15) is 11.9 Å². The van der Waals surface area contributed by atoms with Gasteiger partial charge in [0.15, 0.2) is 6.61 Å². The summed E-state index contributed by atoms with van der Waals surface area (Å²) >= 11 is 0. The molecule has 1 saturated carbocycles. The van der Waals surface area contributed by atoms with Crippen LogP contribution in [0.3, 0.4) is 0 Å². The molecule has 0 aliphatic heterocycles. The molecule has 0 radical (unpaired) electrons. The molecule has 0 aromatic heterocycles. The Morgan fingerprint density at radius 3 is 2.68 bits per heavy atom. The highest BCUT2D eigenvalue weighted by molar-refractivity contribution is 5.71. The van der Waals surface area contributed by atoms with Crippen LogP contribution in [0.2, 0.25) is 0 Å². The van der Waals surface area contributed by atoms with E-state index in [9.17, 15) is 15.0 Å². The second-order valence-corrected chi connectivity index (χ2v) is 11.4. The predicted molar refractivity (Wildman–Crippen MR) is 135 cm³/mol. The number of fused-ring (bicyclic) bond motifs is 2. The molecule has 0 bridgehead atoms. The largest absolute Gasteiger partial charge is 0.482 e. The summed E-state index contributed by atoms with van der Waals surface area (Å²) in [5, 5.41) is 21.4. The number of aliphatic hydroxyl groups excluding tert-OH is 2. The number of hydrogen-bond acceptors (Lipinski definition) is 5. The van der Waals surface area contributed by atoms with Gasteiger partial charge in [0.05, 0.1) is 12.2 Å². The van der Waals surface area contributed by atoms with Crippen LogP contribution in [0, 0.1) is 23.2 Å². The highest BCUT2D eigenvalue weighted by Gasteiger charge is 2.52. The Morgan fingerprint density at radius 2 is 1.97 bits per heavy atom. The van der Waals surface area contributed by atoms with Crippen LogP contribution in [-0.4, -0.2) is 41.1 Å². The monoisotopic (exact) mass is 474 g/mol. The van der Waals surface area contributed by atoms with Gasteiger partial charge in [0, 0.05) is 0 Å². The molecule has 0 heterocycles. The summed E-state index contributed by atoms with van der Waals surface area (Å²) in [6, 6.07) is 6.09. The maximum atomic E-state index is 12.2. The zero-order chi connectivity index (χ0) is 24.9. The number of ether oxygens (including phenoxy) is 2. The summed E-state index contributed by atoms with van der Waals surface area (Å²) in [5.41, 5.74) is 2.42. The van der Waals surface area contributed by atoms with Crippen molar-refractivity contribution in [1.29, 1.82) is 0 Å². The van der Waals surface area contributed by atoms with Crippen molar-refractivity contribution in [2.24, 2.45) is 23.2 Å². The van der Waals surface area contributed by atoms with Crippen molar-refractivity contribution in [3.63, 3.8) is 0 Å². The Kier molecular flexibility index (Phi) is 9.45. The minimum absolute atomic E-state index is 0.00360. The number of benzene rings is 1. The fourth-order valence-electron chi connectivity index (χ4n) is 6.01.